The minimum absolute atomic E-state index is 0.175. The largest absolute Gasteiger partial charge is 0.391 e. The molecule has 1 atom stereocenters. The molecule has 0 spiro atoms. The van der Waals surface area contributed by atoms with Crippen molar-refractivity contribution in [3.8, 4) is 0 Å². The highest BCUT2D eigenvalue weighted by atomic mass is 16.3. The van der Waals surface area contributed by atoms with Crippen LogP contribution in [-0.2, 0) is 0 Å². The number of likely N-dealkylation sites (tertiary alicyclic amines) is 1. The van der Waals surface area contributed by atoms with Gasteiger partial charge in [0, 0.05) is 18.7 Å². The third-order valence-electron chi connectivity index (χ3n) is 3.89. The molecule has 1 aliphatic heterocycles. The van der Waals surface area contributed by atoms with Gasteiger partial charge in [0.05, 0.1) is 17.4 Å². The molecule has 2 N–H and O–H groups in total. The average Bonchev–Trinajstić information content (AvgIpc) is 3.02. The molecule has 1 fully saturated rings. The second kappa shape index (κ2) is 6.62. The number of aliphatic hydroxyl groups excluding tert-OH is 1. The van der Waals surface area contributed by atoms with Gasteiger partial charge in [0.2, 0.25) is 0 Å². The molecule has 0 aromatic heterocycles. The van der Waals surface area contributed by atoms with Gasteiger partial charge in [0.1, 0.15) is 0 Å². The normalized spacial score (nSPS) is 17.1. The van der Waals surface area contributed by atoms with Gasteiger partial charge in [-0.1, -0.05) is 30.3 Å². The van der Waals surface area contributed by atoms with Crippen LogP contribution in [0.3, 0.4) is 0 Å². The average molecular weight is 310 g/mol. The van der Waals surface area contributed by atoms with E-state index in [2.05, 4.69) is 5.32 Å². The molecular formula is C18H18N2O3. The van der Waals surface area contributed by atoms with Crippen LogP contribution in [0.1, 0.15) is 27.1 Å². The van der Waals surface area contributed by atoms with Crippen molar-refractivity contribution in [1.29, 1.82) is 0 Å². The Labute approximate surface area is 134 Å². The third kappa shape index (κ3) is 3.40. The van der Waals surface area contributed by atoms with Crippen molar-refractivity contribution < 1.29 is 14.7 Å². The molecule has 0 radical (unpaired) electrons. The molecule has 2 aromatic rings. The Morgan fingerprint density at radius 1 is 1.04 bits per heavy atom. The fourth-order valence-corrected chi connectivity index (χ4v) is 2.66. The van der Waals surface area contributed by atoms with Crippen LogP contribution in [0.4, 0.5) is 5.69 Å². The maximum atomic E-state index is 12.6. The molecule has 2 amide bonds. The first kappa shape index (κ1) is 15.2. The molecule has 23 heavy (non-hydrogen) atoms. The summed E-state index contributed by atoms with van der Waals surface area (Å²) in [5, 5.41) is 12.4. The van der Waals surface area contributed by atoms with E-state index in [9.17, 15) is 14.7 Å². The third-order valence-corrected chi connectivity index (χ3v) is 3.89. The van der Waals surface area contributed by atoms with E-state index < -0.39 is 6.10 Å². The van der Waals surface area contributed by atoms with Crippen LogP contribution in [0.15, 0.2) is 54.6 Å². The molecule has 0 aliphatic carbocycles. The standard InChI is InChI=1S/C18H18N2O3/c21-14-10-11-20(12-14)18(23)15-8-4-5-9-16(15)19-17(22)13-6-2-1-3-7-13/h1-9,14,21H,10-12H2,(H,19,22)/t14-/m0/s1. The number of amides is 2. The number of carbonyl (C=O) groups excluding carboxylic acids is 2. The van der Waals surface area contributed by atoms with Crippen LogP contribution in [0, 0.1) is 0 Å². The van der Waals surface area contributed by atoms with Gasteiger partial charge < -0.3 is 15.3 Å². The van der Waals surface area contributed by atoms with Crippen molar-refractivity contribution in [2.45, 2.75) is 12.5 Å². The molecule has 5 nitrogen and oxygen atoms in total. The van der Waals surface area contributed by atoms with E-state index in [1.54, 1.807) is 53.4 Å². The highest BCUT2D eigenvalue weighted by Crippen LogP contribution is 2.21. The highest BCUT2D eigenvalue weighted by Gasteiger charge is 2.27. The maximum Gasteiger partial charge on any atom is 0.256 e. The topological polar surface area (TPSA) is 69.6 Å². The zero-order chi connectivity index (χ0) is 16.2. The highest BCUT2D eigenvalue weighted by molar-refractivity contribution is 6.09. The lowest BCUT2D eigenvalue weighted by Gasteiger charge is -2.18. The van der Waals surface area contributed by atoms with Crippen LogP contribution in [0.2, 0.25) is 0 Å². The Morgan fingerprint density at radius 2 is 1.74 bits per heavy atom. The van der Waals surface area contributed by atoms with Gasteiger partial charge in [-0.25, -0.2) is 0 Å². The number of rotatable bonds is 3. The number of aliphatic hydroxyl groups is 1. The van der Waals surface area contributed by atoms with Gasteiger partial charge in [-0.3, -0.25) is 9.59 Å². The molecule has 1 heterocycles. The van der Waals surface area contributed by atoms with Gasteiger partial charge in [0.15, 0.2) is 0 Å². The molecule has 0 unspecified atom stereocenters. The van der Waals surface area contributed by atoms with Gasteiger partial charge >= 0.3 is 0 Å². The number of β-amino-alcohol motifs (C(OH)–C–C–N with tert-alkyl or cyclic N) is 1. The summed E-state index contributed by atoms with van der Waals surface area (Å²) >= 11 is 0. The van der Waals surface area contributed by atoms with Crippen molar-refractivity contribution in [1.82, 2.24) is 4.90 Å². The van der Waals surface area contributed by atoms with E-state index >= 15 is 0 Å². The van der Waals surface area contributed by atoms with Gasteiger partial charge in [-0.15, -0.1) is 0 Å². The number of carbonyl (C=O) groups is 2. The van der Waals surface area contributed by atoms with Crippen LogP contribution >= 0.6 is 0 Å². The Bertz CT molecular complexity index is 715. The molecule has 2 aromatic carbocycles. The van der Waals surface area contributed by atoms with E-state index in [1.165, 1.54) is 0 Å². The van der Waals surface area contributed by atoms with Crippen molar-refractivity contribution in [2.75, 3.05) is 18.4 Å². The molecular weight excluding hydrogens is 292 g/mol. The van der Waals surface area contributed by atoms with Crippen LogP contribution in [0.25, 0.3) is 0 Å². The van der Waals surface area contributed by atoms with E-state index in [1.807, 2.05) is 6.07 Å². The summed E-state index contributed by atoms with van der Waals surface area (Å²) in [6.07, 6.45) is 0.120. The fraction of sp³-hybridized carbons (Fsp3) is 0.222. The van der Waals surface area contributed by atoms with E-state index in [0.717, 1.165) is 0 Å². The number of nitrogens with one attached hydrogen (secondary N) is 1. The zero-order valence-electron chi connectivity index (χ0n) is 12.6. The van der Waals surface area contributed by atoms with Gasteiger partial charge in [-0.05, 0) is 30.7 Å². The SMILES string of the molecule is O=C(Nc1ccccc1C(=O)N1CC[C@H](O)C1)c1ccccc1. The number of nitrogens with zero attached hydrogens (tertiary/aromatic N) is 1. The minimum Gasteiger partial charge on any atom is -0.391 e. The quantitative estimate of drug-likeness (QED) is 0.912. The van der Waals surface area contributed by atoms with Crippen LogP contribution in [-0.4, -0.2) is 41.0 Å². The zero-order valence-corrected chi connectivity index (χ0v) is 12.6. The second-order valence-electron chi connectivity index (χ2n) is 5.56. The molecule has 0 saturated carbocycles. The minimum atomic E-state index is -0.468. The predicted octanol–water partition coefficient (Wildman–Crippen LogP) is 2.15. The van der Waals surface area contributed by atoms with Crippen molar-refractivity contribution in [2.24, 2.45) is 0 Å². The summed E-state index contributed by atoms with van der Waals surface area (Å²) in [6, 6.07) is 15.8. The van der Waals surface area contributed by atoms with Crippen molar-refractivity contribution in [3.05, 3.63) is 65.7 Å². The lowest BCUT2D eigenvalue weighted by atomic mass is 10.1. The number of hydrogen-bond acceptors (Lipinski definition) is 3. The van der Waals surface area contributed by atoms with E-state index in [4.69, 9.17) is 0 Å². The summed E-state index contributed by atoms with van der Waals surface area (Å²) in [5.74, 6) is -0.433. The summed E-state index contributed by atoms with van der Waals surface area (Å²) in [7, 11) is 0. The van der Waals surface area contributed by atoms with Gasteiger partial charge in [0.25, 0.3) is 11.8 Å². The Kier molecular flexibility index (Phi) is 4.39. The molecule has 1 aliphatic rings. The van der Waals surface area contributed by atoms with Gasteiger partial charge in [-0.2, -0.15) is 0 Å². The number of benzene rings is 2. The maximum absolute atomic E-state index is 12.6. The molecule has 3 rings (SSSR count). The van der Waals surface area contributed by atoms with Crippen molar-refractivity contribution in [3.63, 3.8) is 0 Å². The van der Waals surface area contributed by atoms with E-state index in [0.29, 0.717) is 36.3 Å². The number of anilines is 1. The molecule has 0 bridgehead atoms. The Morgan fingerprint density at radius 3 is 2.43 bits per heavy atom. The summed E-state index contributed by atoms with van der Waals surface area (Å²) in [5.41, 5.74) is 1.45. The predicted molar refractivity (Wildman–Crippen MR) is 87.4 cm³/mol. The van der Waals surface area contributed by atoms with E-state index in [-0.39, 0.29) is 11.8 Å². The lowest BCUT2D eigenvalue weighted by Crippen LogP contribution is -2.30. The first-order valence-corrected chi connectivity index (χ1v) is 7.58. The van der Waals surface area contributed by atoms with Crippen molar-refractivity contribution >= 4 is 17.5 Å². The number of hydrogen-bond donors (Lipinski definition) is 2. The summed E-state index contributed by atoms with van der Waals surface area (Å²) < 4.78 is 0. The first-order chi connectivity index (χ1) is 11.1. The number of para-hydroxylation sites is 1. The second-order valence-corrected chi connectivity index (χ2v) is 5.56. The Balaban J connectivity index is 1.81. The summed E-state index contributed by atoms with van der Waals surface area (Å²) in [6.45, 7) is 0.862. The molecule has 5 heteroatoms. The van der Waals surface area contributed by atoms with Crippen LogP contribution in [0.5, 0.6) is 0 Å². The molecule has 1 saturated heterocycles. The fourth-order valence-electron chi connectivity index (χ4n) is 2.66. The van der Waals surface area contributed by atoms with Crippen LogP contribution < -0.4 is 5.32 Å². The Hall–Kier alpha value is -2.66. The summed E-state index contributed by atoms with van der Waals surface area (Å²) in [4.78, 5) is 26.5. The first-order valence-electron chi connectivity index (χ1n) is 7.58. The molecule has 118 valence electrons. The smallest absolute Gasteiger partial charge is 0.256 e. The lowest BCUT2D eigenvalue weighted by molar-refractivity contribution is 0.0766. The monoisotopic (exact) mass is 310 g/mol.